The summed E-state index contributed by atoms with van der Waals surface area (Å²) in [7, 11) is 3.25. The molecule has 0 atom stereocenters. The number of methoxy groups -OCH3 is 1. The minimum absolute atomic E-state index is 0.236. The summed E-state index contributed by atoms with van der Waals surface area (Å²) in [4.78, 5) is 18.1. The van der Waals surface area contributed by atoms with Crippen LogP contribution in [0.15, 0.2) is 4.79 Å². The van der Waals surface area contributed by atoms with Gasteiger partial charge in [-0.1, -0.05) is 0 Å². The minimum atomic E-state index is -0.236. The number of hydrogen-bond acceptors (Lipinski definition) is 4. The van der Waals surface area contributed by atoms with Crippen molar-refractivity contribution >= 4 is 0 Å². The van der Waals surface area contributed by atoms with Crippen LogP contribution in [0.1, 0.15) is 11.5 Å². The second-order valence-electron chi connectivity index (χ2n) is 2.66. The van der Waals surface area contributed by atoms with Crippen molar-refractivity contribution in [3.05, 3.63) is 21.9 Å². The fourth-order valence-electron chi connectivity index (χ4n) is 1.12. The van der Waals surface area contributed by atoms with E-state index in [1.807, 2.05) is 0 Å². The Morgan fingerprint density at radius 2 is 2.31 bits per heavy atom. The average molecular weight is 183 g/mol. The molecule has 0 radical (unpaired) electrons. The molecular formula is C8H13N3O2. The Morgan fingerprint density at radius 1 is 1.62 bits per heavy atom. The summed E-state index contributed by atoms with van der Waals surface area (Å²) in [5.41, 5.74) is 0.372. The van der Waals surface area contributed by atoms with E-state index in [2.05, 4.69) is 15.3 Å². The molecular weight excluding hydrogens is 170 g/mol. The first-order chi connectivity index (χ1) is 6.19. The Hall–Kier alpha value is -1.36. The van der Waals surface area contributed by atoms with Gasteiger partial charge in [0.2, 0.25) is 5.75 Å². The van der Waals surface area contributed by atoms with E-state index in [4.69, 9.17) is 4.74 Å². The van der Waals surface area contributed by atoms with Gasteiger partial charge in [-0.3, -0.25) is 4.79 Å². The molecule has 5 heteroatoms. The Kier molecular flexibility index (Phi) is 3.02. The lowest BCUT2D eigenvalue weighted by Crippen LogP contribution is -2.19. The van der Waals surface area contributed by atoms with Crippen LogP contribution in [0.3, 0.4) is 0 Å². The maximum atomic E-state index is 11.3. The van der Waals surface area contributed by atoms with Crippen LogP contribution in [0, 0.1) is 6.92 Å². The second kappa shape index (κ2) is 4.04. The fraction of sp³-hybridized carbons (Fsp3) is 0.500. The highest BCUT2D eigenvalue weighted by atomic mass is 16.5. The molecule has 5 nitrogen and oxygen atoms in total. The van der Waals surface area contributed by atoms with Crippen molar-refractivity contribution in [1.82, 2.24) is 15.3 Å². The van der Waals surface area contributed by atoms with Gasteiger partial charge in [-0.05, 0) is 14.0 Å². The van der Waals surface area contributed by atoms with E-state index < -0.39 is 0 Å². The zero-order valence-corrected chi connectivity index (χ0v) is 7.97. The summed E-state index contributed by atoms with van der Waals surface area (Å²) in [6.45, 7) is 2.29. The predicted molar refractivity (Wildman–Crippen MR) is 48.9 cm³/mol. The Bertz CT molecular complexity index is 346. The van der Waals surface area contributed by atoms with E-state index in [1.165, 1.54) is 7.11 Å². The van der Waals surface area contributed by atoms with Gasteiger partial charge in [0.25, 0.3) is 5.56 Å². The number of nitrogens with zero attached hydrogens (tertiary/aromatic N) is 1. The monoisotopic (exact) mass is 183 g/mol. The van der Waals surface area contributed by atoms with Gasteiger partial charge in [0.05, 0.1) is 19.3 Å². The van der Waals surface area contributed by atoms with Crippen LogP contribution in [-0.2, 0) is 6.54 Å². The lowest BCUT2D eigenvalue weighted by molar-refractivity contribution is 0.401. The zero-order chi connectivity index (χ0) is 9.84. The molecule has 0 fully saturated rings. The quantitative estimate of drug-likeness (QED) is 0.681. The summed E-state index contributed by atoms with van der Waals surface area (Å²) >= 11 is 0. The fourth-order valence-corrected chi connectivity index (χ4v) is 1.12. The van der Waals surface area contributed by atoms with Crippen molar-refractivity contribution in [2.75, 3.05) is 14.2 Å². The lowest BCUT2D eigenvalue weighted by Gasteiger charge is -2.04. The van der Waals surface area contributed by atoms with E-state index in [9.17, 15) is 4.79 Å². The van der Waals surface area contributed by atoms with E-state index in [-0.39, 0.29) is 11.3 Å². The molecule has 0 amide bonds. The predicted octanol–water partition coefficient (Wildman–Crippen LogP) is -0.194. The molecule has 0 aliphatic rings. The van der Waals surface area contributed by atoms with Gasteiger partial charge in [-0.2, -0.15) is 0 Å². The van der Waals surface area contributed by atoms with Crippen LogP contribution in [0.4, 0.5) is 0 Å². The normalized spacial score (nSPS) is 10.1. The number of ether oxygens (including phenoxy) is 1. The van der Waals surface area contributed by atoms with Crippen LogP contribution in [0.5, 0.6) is 5.75 Å². The number of aromatic nitrogens is 2. The summed E-state index contributed by atoms with van der Waals surface area (Å²) in [6, 6.07) is 0. The van der Waals surface area contributed by atoms with Crippen molar-refractivity contribution in [1.29, 1.82) is 0 Å². The molecule has 1 rings (SSSR count). The molecule has 72 valence electrons. The Balaban J connectivity index is 3.13. The number of rotatable bonds is 3. The molecule has 1 aromatic rings. The van der Waals surface area contributed by atoms with Crippen molar-refractivity contribution in [2.24, 2.45) is 0 Å². The standard InChI is InChI=1S/C8H13N3O2/c1-5-7(13-3)8(12)11-6(10-5)4-9-2/h9H,4H2,1-3H3,(H,10,11,12). The van der Waals surface area contributed by atoms with Crippen LogP contribution >= 0.6 is 0 Å². The van der Waals surface area contributed by atoms with E-state index in [1.54, 1.807) is 14.0 Å². The first-order valence-corrected chi connectivity index (χ1v) is 3.97. The Morgan fingerprint density at radius 3 is 2.77 bits per heavy atom. The van der Waals surface area contributed by atoms with Gasteiger partial charge in [0, 0.05) is 0 Å². The van der Waals surface area contributed by atoms with Gasteiger partial charge in [-0.15, -0.1) is 0 Å². The molecule has 0 aliphatic carbocycles. The molecule has 0 saturated heterocycles. The maximum Gasteiger partial charge on any atom is 0.293 e. The topological polar surface area (TPSA) is 67.0 Å². The molecule has 1 aromatic heterocycles. The molecule has 2 N–H and O–H groups in total. The van der Waals surface area contributed by atoms with Gasteiger partial charge < -0.3 is 15.0 Å². The van der Waals surface area contributed by atoms with Crippen molar-refractivity contribution < 1.29 is 4.74 Å². The van der Waals surface area contributed by atoms with Crippen LogP contribution in [0.25, 0.3) is 0 Å². The van der Waals surface area contributed by atoms with Gasteiger partial charge in [0.15, 0.2) is 0 Å². The second-order valence-corrected chi connectivity index (χ2v) is 2.66. The zero-order valence-electron chi connectivity index (χ0n) is 7.97. The molecule has 0 aliphatic heterocycles. The highest BCUT2D eigenvalue weighted by Crippen LogP contribution is 2.06. The number of H-pyrrole nitrogens is 1. The Labute approximate surface area is 76.2 Å². The molecule has 0 spiro atoms. The molecule has 0 aromatic carbocycles. The lowest BCUT2D eigenvalue weighted by atomic mass is 10.4. The highest BCUT2D eigenvalue weighted by molar-refractivity contribution is 5.23. The molecule has 1 heterocycles. The first kappa shape index (κ1) is 9.73. The molecule has 0 saturated carbocycles. The summed E-state index contributed by atoms with van der Waals surface area (Å²) in [5, 5.41) is 2.90. The average Bonchev–Trinajstić information content (AvgIpc) is 2.04. The maximum absolute atomic E-state index is 11.3. The summed E-state index contributed by atoms with van der Waals surface area (Å²) in [5.74, 6) is 0.894. The van der Waals surface area contributed by atoms with Crippen LogP contribution < -0.4 is 15.6 Å². The number of aromatic amines is 1. The third kappa shape index (κ3) is 2.06. The summed E-state index contributed by atoms with van der Waals surface area (Å²) < 4.78 is 4.88. The van der Waals surface area contributed by atoms with Gasteiger partial charge >= 0.3 is 0 Å². The van der Waals surface area contributed by atoms with E-state index >= 15 is 0 Å². The van der Waals surface area contributed by atoms with Crippen molar-refractivity contribution in [2.45, 2.75) is 13.5 Å². The third-order valence-electron chi connectivity index (χ3n) is 1.64. The minimum Gasteiger partial charge on any atom is -0.490 e. The molecule has 13 heavy (non-hydrogen) atoms. The first-order valence-electron chi connectivity index (χ1n) is 3.97. The van der Waals surface area contributed by atoms with E-state index in [0.29, 0.717) is 18.1 Å². The molecule has 0 unspecified atom stereocenters. The van der Waals surface area contributed by atoms with Crippen molar-refractivity contribution in [3.8, 4) is 5.75 Å². The number of aryl methyl sites for hydroxylation is 1. The SMILES string of the molecule is CNCc1nc(C)c(OC)c(=O)[nH]1. The highest BCUT2D eigenvalue weighted by Gasteiger charge is 2.06. The largest absolute Gasteiger partial charge is 0.490 e. The van der Waals surface area contributed by atoms with Crippen LogP contribution in [-0.4, -0.2) is 24.1 Å². The number of nitrogens with one attached hydrogen (secondary N) is 2. The van der Waals surface area contributed by atoms with Gasteiger partial charge in [-0.25, -0.2) is 4.98 Å². The smallest absolute Gasteiger partial charge is 0.293 e. The third-order valence-corrected chi connectivity index (χ3v) is 1.64. The van der Waals surface area contributed by atoms with Crippen molar-refractivity contribution in [3.63, 3.8) is 0 Å². The van der Waals surface area contributed by atoms with Gasteiger partial charge in [0.1, 0.15) is 5.82 Å². The summed E-state index contributed by atoms with van der Waals surface area (Å²) in [6.07, 6.45) is 0. The van der Waals surface area contributed by atoms with E-state index in [0.717, 1.165) is 0 Å². The molecule has 0 bridgehead atoms. The van der Waals surface area contributed by atoms with Crippen LogP contribution in [0.2, 0.25) is 0 Å². The number of hydrogen-bond donors (Lipinski definition) is 2.